The van der Waals surface area contributed by atoms with Crippen LogP contribution in [-0.4, -0.2) is 15.9 Å². The Morgan fingerprint density at radius 2 is 2.15 bits per heavy atom. The quantitative estimate of drug-likeness (QED) is 0.712. The Bertz CT molecular complexity index is 1020. The minimum Gasteiger partial charge on any atom is -0.352 e. The topological polar surface area (TPSA) is 74.8 Å². The number of thiophene rings is 1. The molecule has 1 aliphatic carbocycles. The van der Waals surface area contributed by atoms with E-state index in [1.54, 1.807) is 11.3 Å². The minimum absolute atomic E-state index is 0.0408. The fourth-order valence-electron chi connectivity index (χ4n) is 3.63. The van der Waals surface area contributed by atoms with Crippen LogP contribution in [0.5, 0.6) is 0 Å². The van der Waals surface area contributed by atoms with Gasteiger partial charge in [-0.2, -0.15) is 0 Å². The van der Waals surface area contributed by atoms with Crippen LogP contribution in [0, 0.1) is 5.92 Å². The maximum Gasteiger partial charge on any atom is 0.259 e. The second-order valence-electron chi connectivity index (χ2n) is 7.31. The SMILES string of the molecule is CC1CCc2c(sc3nc(CCC(=O)NCc4ccccc4)[nH]c(=O)c23)C1. The van der Waals surface area contributed by atoms with Gasteiger partial charge in [-0.3, -0.25) is 9.59 Å². The number of carbonyl (C=O) groups excluding carboxylic acids is 1. The molecule has 0 saturated carbocycles. The van der Waals surface area contributed by atoms with Gasteiger partial charge in [0, 0.05) is 24.3 Å². The van der Waals surface area contributed by atoms with Crippen LogP contribution < -0.4 is 10.9 Å². The van der Waals surface area contributed by atoms with Crippen molar-refractivity contribution < 1.29 is 4.79 Å². The molecule has 4 rings (SSSR count). The van der Waals surface area contributed by atoms with Gasteiger partial charge in [0.25, 0.3) is 5.56 Å². The zero-order valence-electron chi connectivity index (χ0n) is 15.4. The molecular formula is C21H23N3O2S. The number of aromatic amines is 1. The summed E-state index contributed by atoms with van der Waals surface area (Å²) in [5, 5.41) is 3.67. The second-order valence-corrected chi connectivity index (χ2v) is 8.39. The first-order chi connectivity index (χ1) is 13.1. The number of nitrogens with zero attached hydrogens (tertiary/aromatic N) is 1. The first-order valence-electron chi connectivity index (χ1n) is 9.44. The van der Waals surface area contributed by atoms with E-state index in [2.05, 4.69) is 22.2 Å². The van der Waals surface area contributed by atoms with Gasteiger partial charge in [-0.15, -0.1) is 11.3 Å². The Hall–Kier alpha value is -2.47. The Kier molecular flexibility index (Phi) is 5.07. The summed E-state index contributed by atoms with van der Waals surface area (Å²) in [7, 11) is 0. The summed E-state index contributed by atoms with van der Waals surface area (Å²) in [5.74, 6) is 1.22. The fourth-order valence-corrected chi connectivity index (χ4v) is 5.03. The zero-order chi connectivity index (χ0) is 18.8. The molecule has 2 heterocycles. The summed E-state index contributed by atoms with van der Waals surface area (Å²) in [6, 6.07) is 9.81. The van der Waals surface area contributed by atoms with E-state index >= 15 is 0 Å². The third kappa shape index (κ3) is 3.95. The molecule has 1 aromatic carbocycles. The van der Waals surface area contributed by atoms with Gasteiger partial charge in [0.15, 0.2) is 0 Å². The van der Waals surface area contributed by atoms with Gasteiger partial charge < -0.3 is 10.3 Å². The number of hydrogen-bond donors (Lipinski definition) is 2. The maximum atomic E-state index is 12.6. The number of aryl methyl sites for hydroxylation is 2. The smallest absolute Gasteiger partial charge is 0.259 e. The highest BCUT2D eigenvalue weighted by Crippen LogP contribution is 2.35. The van der Waals surface area contributed by atoms with Gasteiger partial charge in [0.1, 0.15) is 10.7 Å². The van der Waals surface area contributed by atoms with E-state index in [1.807, 2.05) is 30.3 Å². The molecule has 3 aromatic rings. The number of carbonyl (C=O) groups is 1. The van der Waals surface area contributed by atoms with Crippen LogP contribution in [0.2, 0.25) is 0 Å². The fraction of sp³-hybridized carbons (Fsp3) is 0.381. The lowest BCUT2D eigenvalue weighted by molar-refractivity contribution is -0.121. The van der Waals surface area contributed by atoms with E-state index in [4.69, 9.17) is 0 Å². The number of fused-ring (bicyclic) bond motifs is 3. The monoisotopic (exact) mass is 381 g/mol. The van der Waals surface area contributed by atoms with Crippen molar-refractivity contribution in [1.82, 2.24) is 15.3 Å². The number of aromatic nitrogens is 2. The van der Waals surface area contributed by atoms with Gasteiger partial charge in [0.2, 0.25) is 5.91 Å². The van der Waals surface area contributed by atoms with Crippen LogP contribution in [0.15, 0.2) is 35.1 Å². The zero-order valence-corrected chi connectivity index (χ0v) is 16.2. The molecule has 0 spiro atoms. The predicted octanol–water partition coefficient (Wildman–Crippen LogP) is 3.36. The number of rotatable bonds is 5. The number of H-pyrrole nitrogens is 1. The van der Waals surface area contributed by atoms with E-state index in [-0.39, 0.29) is 11.5 Å². The van der Waals surface area contributed by atoms with E-state index < -0.39 is 0 Å². The molecule has 5 nitrogen and oxygen atoms in total. The molecule has 1 aliphatic rings. The standard InChI is InChI=1S/C21H23N3O2S/c1-13-7-8-15-16(11-13)27-21-19(15)20(26)23-17(24-21)9-10-18(25)22-12-14-5-3-2-4-6-14/h2-6,13H,7-12H2,1H3,(H,22,25)(H,23,24,26). The van der Waals surface area contributed by atoms with Crippen molar-refractivity contribution in [3.8, 4) is 0 Å². The van der Waals surface area contributed by atoms with Crippen LogP contribution >= 0.6 is 11.3 Å². The third-order valence-electron chi connectivity index (χ3n) is 5.14. The number of hydrogen-bond acceptors (Lipinski definition) is 4. The van der Waals surface area contributed by atoms with Crippen molar-refractivity contribution in [2.45, 2.75) is 45.6 Å². The highest BCUT2D eigenvalue weighted by Gasteiger charge is 2.23. The maximum absolute atomic E-state index is 12.6. The van der Waals surface area contributed by atoms with Crippen molar-refractivity contribution in [2.24, 2.45) is 5.92 Å². The molecular weight excluding hydrogens is 358 g/mol. The van der Waals surface area contributed by atoms with E-state index in [0.29, 0.717) is 31.1 Å². The van der Waals surface area contributed by atoms with E-state index in [9.17, 15) is 9.59 Å². The van der Waals surface area contributed by atoms with Crippen LogP contribution in [0.4, 0.5) is 0 Å². The van der Waals surface area contributed by atoms with E-state index in [1.165, 1.54) is 10.4 Å². The highest BCUT2D eigenvalue weighted by atomic mass is 32.1. The lowest BCUT2D eigenvalue weighted by Crippen LogP contribution is -2.23. The molecule has 1 unspecified atom stereocenters. The largest absolute Gasteiger partial charge is 0.352 e. The van der Waals surface area contributed by atoms with Gasteiger partial charge in [-0.05, 0) is 36.3 Å². The average Bonchev–Trinajstić information content (AvgIpc) is 3.03. The summed E-state index contributed by atoms with van der Waals surface area (Å²) in [4.78, 5) is 34.3. The third-order valence-corrected chi connectivity index (χ3v) is 6.28. The first kappa shape index (κ1) is 17.9. The summed E-state index contributed by atoms with van der Waals surface area (Å²) >= 11 is 1.64. The average molecular weight is 382 g/mol. The summed E-state index contributed by atoms with van der Waals surface area (Å²) in [5.41, 5.74) is 2.19. The summed E-state index contributed by atoms with van der Waals surface area (Å²) in [6.07, 6.45) is 3.87. The van der Waals surface area contributed by atoms with Crippen molar-refractivity contribution in [1.29, 1.82) is 0 Å². The van der Waals surface area contributed by atoms with Crippen LogP contribution in [0.1, 0.15) is 41.6 Å². The molecule has 140 valence electrons. The van der Waals surface area contributed by atoms with Gasteiger partial charge >= 0.3 is 0 Å². The first-order valence-corrected chi connectivity index (χ1v) is 10.3. The normalized spacial score (nSPS) is 16.3. The Balaban J connectivity index is 1.43. The molecule has 0 radical (unpaired) electrons. The van der Waals surface area contributed by atoms with Crippen molar-refractivity contribution >= 4 is 27.5 Å². The summed E-state index contributed by atoms with van der Waals surface area (Å²) < 4.78 is 0. The molecule has 0 bridgehead atoms. The minimum atomic E-state index is -0.0632. The van der Waals surface area contributed by atoms with Crippen LogP contribution in [0.3, 0.4) is 0 Å². The molecule has 27 heavy (non-hydrogen) atoms. The molecule has 1 atom stereocenters. The number of nitrogens with one attached hydrogen (secondary N) is 2. The summed E-state index contributed by atoms with van der Waals surface area (Å²) in [6.45, 7) is 2.77. The molecule has 0 aliphatic heterocycles. The van der Waals surface area contributed by atoms with Gasteiger partial charge in [-0.1, -0.05) is 37.3 Å². The van der Waals surface area contributed by atoms with Crippen molar-refractivity contribution in [3.63, 3.8) is 0 Å². The van der Waals surface area contributed by atoms with Crippen molar-refractivity contribution in [2.75, 3.05) is 0 Å². The second kappa shape index (κ2) is 7.64. The lowest BCUT2D eigenvalue weighted by atomic mass is 9.89. The molecule has 2 aromatic heterocycles. The Labute approximate surface area is 161 Å². The number of benzene rings is 1. The molecule has 0 fully saturated rings. The van der Waals surface area contributed by atoms with Gasteiger partial charge in [-0.25, -0.2) is 4.98 Å². The Morgan fingerprint density at radius 3 is 2.96 bits per heavy atom. The molecule has 0 saturated heterocycles. The molecule has 6 heteroatoms. The van der Waals surface area contributed by atoms with Crippen molar-refractivity contribution in [3.05, 3.63) is 62.5 Å². The van der Waals surface area contributed by atoms with E-state index in [0.717, 1.165) is 35.0 Å². The molecule has 1 amide bonds. The highest BCUT2D eigenvalue weighted by molar-refractivity contribution is 7.18. The number of amides is 1. The van der Waals surface area contributed by atoms with Crippen LogP contribution in [0.25, 0.3) is 10.2 Å². The molecule has 2 N–H and O–H groups in total. The predicted molar refractivity (Wildman–Crippen MR) is 108 cm³/mol. The van der Waals surface area contributed by atoms with Gasteiger partial charge in [0.05, 0.1) is 5.39 Å². The Morgan fingerprint density at radius 1 is 1.33 bits per heavy atom. The lowest BCUT2D eigenvalue weighted by Gasteiger charge is -2.17. The van der Waals surface area contributed by atoms with Crippen LogP contribution in [-0.2, 0) is 30.6 Å².